The summed E-state index contributed by atoms with van der Waals surface area (Å²) in [6.07, 6.45) is 1.94. The molecule has 1 heterocycles. The van der Waals surface area contributed by atoms with E-state index < -0.39 is 11.6 Å². The zero-order chi connectivity index (χ0) is 22.7. The Labute approximate surface area is 199 Å². The number of fused-ring (bicyclic) bond motifs is 1. The number of aromatic nitrogens is 1. The fraction of sp³-hybridized carbons (Fsp3) is 0.208. The molecule has 0 bridgehead atoms. The second-order valence-electron chi connectivity index (χ2n) is 7.53. The predicted molar refractivity (Wildman–Crippen MR) is 129 cm³/mol. The Morgan fingerprint density at radius 3 is 2.72 bits per heavy atom. The first-order valence-electron chi connectivity index (χ1n) is 10.1. The number of carbonyl (C=O) groups excluding carboxylic acids is 1. The molecule has 0 aliphatic heterocycles. The Morgan fingerprint density at radius 2 is 1.97 bits per heavy atom. The maximum Gasteiger partial charge on any atom is 0.262 e. The van der Waals surface area contributed by atoms with Crippen molar-refractivity contribution in [2.45, 2.75) is 30.3 Å². The van der Waals surface area contributed by atoms with Crippen molar-refractivity contribution in [3.8, 4) is 0 Å². The van der Waals surface area contributed by atoms with E-state index in [1.54, 1.807) is 36.5 Å². The number of amides is 1. The van der Waals surface area contributed by atoms with Crippen molar-refractivity contribution >= 4 is 45.5 Å². The van der Waals surface area contributed by atoms with E-state index in [0.29, 0.717) is 44.6 Å². The highest BCUT2D eigenvalue weighted by Gasteiger charge is 2.46. The molecule has 0 saturated carbocycles. The molecule has 4 nitrogen and oxygen atoms in total. The molecule has 3 aromatic rings. The number of thiol groups is 1. The zero-order valence-electron chi connectivity index (χ0n) is 16.9. The molecule has 0 fully saturated rings. The molecular weight excluding hydrogens is 470 g/mol. The van der Waals surface area contributed by atoms with Crippen LogP contribution in [-0.4, -0.2) is 21.0 Å². The van der Waals surface area contributed by atoms with Gasteiger partial charge in [0, 0.05) is 39.2 Å². The van der Waals surface area contributed by atoms with Crippen molar-refractivity contribution in [1.29, 1.82) is 0 Å². The zero-order valence-corrected chi connectivity index (χ0v) is 19.3. The Kier molecular flexibility index (Phi) is 6.96. The topological polar surface area (TPSA) is 62.2 Å². The minimum atomic E-state index is -2.21. The average Bonchev–Trinajstić information content (AvgIpc) is 2.81. The fourth-order valence-corrected chi connectivity index (χ4v) is 5.43. The number of alkyl halides is 1. The number of hydrogen-bond donors (Lipinski definition) is 3. The molecule has 0 spiro atoms. The van der Waals surface area contributed by atoms with E-state index >= 15 is 4.39 Å². The van der Waals surface area contributed by atoms with Crippen LogP contribution in [0.3, 0.4) is 0 Å². The van der Waals surface area contributed by atoms with Crippen LogP contribution < -0.4 is 5.32 Å². The Balaban J connectivity index is 1.58. The molecule has 0 saturated heterocycles. The van der Waals surface area contributed by atoms with Crippen molar-refractivity contribution < 1.29 is 14.3 Å². The minimum absolute atomic E-state index is 0.00832. The van der Waals surface area contributed by atoms with Crippen molar-refractivity contribution in [3.63, 3.8) is 0 Å². The summed E-state index contributed by atoms with van der Waals surface area (Å²) in [5, 5.41) is 14.1. The number of pyridine rings is 1. The molecule has 2 aromatic carbocycles. The SMILES string of the molecule is O=C(NCc1ccc(Cl)cc1Cl)[C@]1(F)CCC([SH]=C(O)c2ccccc2)c2ncccc21. The average molecular weight is 491 g/mol. The van der Waals surface area contributed by atoms with E-state index in [4.69, 9.17) is 23.2 Å². The van der Waals surface area contributed by atoms with E-state index in [1.165, 1.54) is 0 Å². The van der Waals surface area contributed by atoms with E-state index in [9.17, 15) is 9.90 Å². The van der Waals surface area contributed by atoms with Crippen LogP contribution in [0.15, 0.2) is 66.9 Å². The van der Waals surface area contributed by atoms with Gasteiger partial charge in [0.1, 0.15) is 5.05 Å². The summed E-state index contributed by atoms with van der Waals surface area (Å²) in [4.78, 5) is 17.3. The summed E-state index contributed by atoms with van der Waals surface area (Å²) in [7, 11) is 0. The molecule has 1 aliphatic carbocycles. The van der Waals surface area contributed by atoms with Gasteiger partial charge >= 0.3 is 0 Å². The van der Waals surface area contributed by atoms with Gasteiger partial charge in [0.05, 0.1) is 5.69 Å². The maximum atomic E-state index is 16.1. The molecule has 166 valence electrons. The van der Waals surface area contributed by atoms with Gasteiger partial charge in [-0.3, -0.25) is 9.78 Å². The minimum Gasteiger partial charge on any atom is -0.355 e. The van der Waals surface area contributed by atoms with Gasteiger partial charge in [0.2, 0.25) is 5.67 Å². The van der Waals surface area contributed by atoms with Crippen LogP contribution in [0.4, 0.5) is 4.39 Å². The van der Waals surface area contributed by atoms with E-state index in [-0.39, 0.29) is 28.8 Å². The molecule has 1 aliphatic rings. The lowest BCUT2D eigenvalue weighted by Crippen LogP contribution is -2.43. The van der Waals surface area contributed by atoms with Gasteiger partial charge in [0.25, 0.3) is 5.91 Å². The van der Waals surface area contributed by atoms with Crippen LogP contribution >= 0.6 is 34.6 Å². The lowest BCUT2D eigenvalue weighted by Gasteiger charge is -2.33. The Hall–Kier alpha value is -2.25. The second kappa shape index (κ2) is 9.71. The molecule has 1 unspecified atom stereocenters. The summed E-state index contributed by atoms with van der Waals surface area (Å²) in [5.74, 6) is -0.732. The van der Waals surface area contributed by atoms with Gasteiger partial charge in [-0.05, 0) is 36.6 Å². The van der Waals surface area contributed by atoms with Gasteiger partial charge in [-0.2, -0.15) is 11.4 Å². The number of nitrogens with one attached hydrogen (secondary N) is 1. The third kappa shape index (κ3) is 4.74. The van der Waals surface area contributed by atoms with Crippen molar-refractivity contribution in [2.24, 2.45) is 0 Å². The maximum absolute atomic E-state index is 16.1. The molecule has 2 atom stereocenters. The van der Waals surface area contributed by atoms with Crippen LogP contribution in [0.5, 0.6) is 0 Å². The number of aliphatic hydroxyl groups is 1. The standard InChI is InChI=1S/C24H21Cl2FN2O2S/c25-17-9-8-16(19(26)13-17)14-29-23(31)24(27)11-10-20(21-18(24)7-4-12-28-21)32-22(30)15-5-2-1-3-6-15/h1-9,12-13,20,30,32H,10-11,14H2,(H,29,31)/t20?,24-/m0/s1. The number of carbonyl (C=O) groups is 1. The number of nitrogens with zero attached hydrogens (tertiary/aromatic N) is 1. The van der Waals surface area contributed by atoms with Crippen LogP contribution in [0.25, 0.3) is 0 Å². The number of aliphatic hydroxyl groups excluding tert-OH is 1. The largest absolute Gasteiger partial charge is 0.355 e. The molecule has 2 N–H and O–H groups in total. The summed E-state index contributed by atoms with van der Waals surface area (Å²) < 4.78 is 16.1. The smallest absolute Gasteiger partial charge is 0.262 e. The van der Waals surface area contributed by atoms with Crippen molar-refractivity contribution in [1.82, 2.24) is 10.3 Å². The van der Waals surface area contributed by atoms with Crippen LogP contribution in [-0.2, 0) is 17.0 Å². The third-order valence-electron chi connectivity index (χ3n) is 5.47. The Morgan fingerprint density at radius 1 is 1.19 bits per heavy atom. The van der Waals surface area contributed by atoms with E-state index in [2.05, 4.69) is 10.3 Å². The molecule has 4 rings (SSSR count). The first-order chi connectivity index (χ1) is 15.4. The number of rotatable bonds is 5. The summed E-state index contributed by atoms with van der Waals surface area (Å²) in [6, 6.07) is 17.4. The van der Waals surface area contributed by atoms with Crippen LogP contribution in [0.1, 0.15) is 40.5 Å². The molecular formula is C24H21Cl2FN2O2S. The van der Waals surface area contributed by atoms with Gasteiger partial charge in [-0.25, -0.2) is 4.39 Å². The number of halogens is 3. The molecule has 1 aromatic heterocycles. The number of benzene rings is 2. The van der Waals surface area contributed by atoms with Crippen LogP contribution in [0.2, 0.25) is 10.0 Å². The highest BCUT2D eigenvalue weighted by molar-refractivity contribution is 7.99. The van der Waals surface area contributed by atoms with Crippen molar-refractivity contribution in [3.05, 3.63) is 99.3 Å². The lowest BCUT2D eigenvalue weighted by atomic mass is 9.82. The highest BCUT2D eigenvalue weighted by atomic mass is 35.5. The van der Waals surface area contributed by atoms with Crippen molar-refractivity contribution in [2.75, 3.05) is 0 Å². The van der Waals surface area contributed by atoms with Gasteiger partial charge in [0.15, 0.2) is 0 Å². The summed E-state index contributed by atoms with van der Waals surface area (Å²) in [5.41, 5.74) is -0.124. The molecule has 1 amide bonds. The predicted octanol–water partition coefficient (Wildman–Crippen LogP) is 5.91. The summed E-state index contributed by atoms with van der Waals surface area (Å²) >= 11 is 12.7. The highest BCUT2D eigenvalue weighted by Crippen LogP contribution is 2.46. The first-order valence-corrected chi connectivity index (χ1v) is 11.8. The second-order valence-corrected chi connectivity index (χ2v) is 9.68. The van der Waals surface area contributed by atoms with Gasteiger partial charge < -0.3 is 10.4 Å². The van der Waals surface area contributed by atoms with Crippen LogP contribution in [0, 0.1) is 0 Å². The Bertz CT molecular complexity index is 1180. The first kappa shape index (κ1) is 22.9. The molecule has 32 heavy (non-hydrogen) atoms. The third-order valence-corrected chi connectivity index (χ3v) is 7.37. The lowest BCUT2D eigenvalue weighted by molar-refractivity contribution is -0.134. The quantitative estimate of drug-likeness (QED) is 0.307. The van der Waals surface area contributed by atoms with E-state index in [0.717, 1.165) is 0 Å². The van der Waals surface area contributed by atoms with Gasteiger partial charge in [-0.15, -0.1) is 0 Å². The fourth-order valence-electron chi connectivity index (χ4n) is 3.78. The molecule has 8 heteroatoms. The molecule has 0 radical (unpaired) electrons. The monoisotopic (exact) mass is 490 g/mol. The number of hydrogen-bond acceptors (Lipinski definition) is 2. The normalized spacial score (nSPS) is 20.8. The summed E-state index contributed by atoms with van der Waals surface area (Å²) in [6.45, 7) is 0.0837. The van der Waals surface area contributed by atoms with Gasteiger partial charge in [-0.1, -0.05) is 65.7 Å². The van der Waals surface area contributed by atoms with E-state index in [1.807, 2.05) is 30.3 Å².